The molecule has 1 aromatic rings. The van der Waals surface area contributed by atoms with E-state index < -0.39 is 5.60 Å². The Bertz CT molecular complexity index is 438. The van der Waals surface area contributed by atoms with E-state index in [2.05, 4.69) is 5.32 Å². The molecule has 1 atom stereocenters. The summed E-state index contributed by atoms with van der Waals surface area (Å²) in [5.74, 6) is -0.205. The number of ether oxygens (including phenoxy) is 1. The third-order valence-corrected chi connectivity index (χ3v) is 3.61. The van der Waals surface area contributed by atoms with E-state index in [-0.39, 0.29) is 12.5 Å². The van der Waals surface area contributed by atoms with Crippen LogP contribution in [-0.4, -0.2) is 36.9 Å². The minimum absolute atomic E-state index is 0.205. The van der Waals surface area contributed by atoms with E-state index in [0.29, 0.717) is 13.0 Å². The fourth-order valence-electron chi connectivity index (χ4n) is 1.45. The number of nitrogens with one attached hydrogen (secondary N) is 1. The molecule has 0 fully saturated rings. The van der Waals surface area contributed by atoms with E-state index >= 15 is 0 Å². The summed E-state index contributed by atoms with van der Waals surface area (Å²) in [6.07, 6.45) is 3.74. The van der Waals surface area contributed by atoms with Crippen molar-refractivity contribution in [3.05, 3.63) is 28.0 Å². The Labute approximate surface area is 118 Å². The lowest BCUT2D eigenvalue weighted by Crippen LogP contribution is -2.40. The van der Waals surface area contributed by atoms with Crippen molar-refractivity contribution in [2.45, 2.75) is 25.9 Å². The first-order valence-corrected chi connectivity index (χ1v) is 6.98. The van der Waals surface area contributed by atoms with Gasteiger partial charge < -0.3 is 15.2 Å². The van der Waals surface area contributed by atoms with Gasteiger partial charge in [-0.2, -0.15) is 0 Å². The van der Waals surface area contributed by atoms with Crippen LogP contribution in [0.1, 0.15) is 23.1 Å². The molecule has 4 nitrogen and oxygen atoms in total. The predicted octanol–water partition coefficient (Wildman–Crippen LogP) is 1.97. The van der Waals surface area contributed by atoms with Gasteiger partial charge in [-0.1, -0.05) is 0 Å². The summed E-state index contributed by atoms with van der Waals surface area (Å²) in [5, 5.41) is 12.6. The number of hydrogen-bond acceptors (Lipinski definition) is 4. The number of carbonyl (C=O) groups excluding carboxylic acids is 1. The number of aliphatic hydroxyl groups is 1. The zero-order chi connectivity index (χ0) is 14.3. The van der Waals surface area contributed by atoms with Gasteiger partial charge in [-0.15, -0.1) is 11.3 Å². The normalized spacial score (nSPS) is 14.5. The van der Waals surface area contributed by atoms with Gasteiger partial charge >= 0.3 is 0 Å². The zero-order valence-electron chi connectivity index (χ0n) is 11.6. The summed E-state index contributed by atoms with van der Waals surface area (Å²) in [6.45, 7) is 4.38. The minimum atomic E-state index is -0.945. The molecule has 0 radical (unpaired) electrons. The van der Waals surface area contributed by atoms with Crippen molar-refractivity contribution in [1.29, 1.82) is 0 Å². The second-order valence-corrected chi connectivity index (χ2v) is 6.06. The van der Waals surface area contributed by atoms with Crippen LogP contribution in [0.4, 0.5) is 0 Å². The number of rotatable bonds is 7. The molecule has 0 spiro atoms. The summed E-state index contributed by atoms with van der Waals surface area (Å²) in [5.41, 5.74) is -0.945. The van der Waals surface area contributed by atoms with Crippen molar-refractivity contribution in [2.75, 3.05) is 20.3 Å². The van der Waals surface area contributed by atoms with Crippen LogP contribution in [0, 0.1) is 6.92 Å². The van der Waals surface area contributed by atoms with Gasteiger partial charge in [0.25, 0.3) is 0 Å². The van der Waals surface area contributed by atoms with E-state index in [9.17, 15) is 9.90 Å². The fraction of sp³-hybridized carbons (Fsp3) is 0.500. The summed E-state index contributed by atoms with van der Waals surface area (Å²) in [6, 6.07) is 3.98. The van der Waals surface area contributed by atoms with Crippen LogP contribution >= 0.6 is 11.3 Å². The van der Waals surface area contributed by atoms with Gasteiger partial charge in [0.2, 0.25) is 5.91 Å². The van der Waals surface area contributed by atoms with Gasteiger partial charge in [0.1, 0.15) is 0 Å². The molecule has 0 saturated carbocycles. The number of carbonyl (C=O) groups is 1. The lowest BCUT2D eigenvalue weighted by molar-refractivity contribution is -0.117. The molecule has 0 saturated heterocycles. The number of methoxy groups -OCH3 is 1. The zero-order valence-corrected chi connectivity index (χ0v) is 12.4. The van der Waals surface area contributed by atoms with E-state index in [1.54, 1.807) is 31.4 Å². The Morgan fingerprint density at radius 1 is 1.58 bits per heavy atom. The van der Waals surface area contributed by atoms with Crippen LogP contribution in [0.2, 0.25) is 0 Å². The van der Waals surface area contributed by atoms with Gasteiger partial charge in [-0.25, -0.2) is 0 Å². The average molecular weight is 283 g/mol. The van der Waals surface area contributed by atoms with Crippen LogP contribution in [0.5, 0.6) is 0 Å². The van der Waals surface area contributed by atoms with E-state index in [0.717, 1.165) is 4.88 Å². The maximum atomic E-state index is 11.6. The van der Waals surface area contributed by atoms with E-state index in [1.807, 2.05) is 19.1 Å². The van der Waals surface area contributed by atoms with Gasteiger partial charge in [-0.3, -0.25) is 4.79 Å². The standard InChI is InChI=1S/C14H21NO3S/c1-11-4-5-12(19-11)6-7-13(16)15-10-14(2,17)8-9-18-3/h4-7,17H,8-10H2,1-3H3,(H,15,16)/b7-6+. The molecule has 1 rings (SSSR count). The van der Waals surface area contributed by atoms with Crippen LogP contribution < -0.4 is 5.32 Å². The molecule has 106 valence electrons. The maximum absolute atomic E-state index is 11.6. The summed E-state index contributed by atoms with van der Waals surface area (Å²) in [4.78, 5) is 13.9. The number of amides is 1. The Balaban J connectivity index is 2.37. The first-order chi connectivity index (χ1) is 8.93. The van der Waals surface area contributed by atoms with Crippen LogP contribution in [0.3, 0.4) is 0 Å². The summed E-state index contributed by atoms with van der Waals surface area (Å²) >= 11 is 1.63. The predicted molar refractivity (Wildman–Crippen MR) is 78.2 cm³/mol. The van der Waals surface area contributed by atoms with Gasteiger partial charge in [0, 0.05) is 42.5 Å². The third kappa shape index (κ3) is 6.52. The molecular weight excluding hydrogens is 262 g/mol. The van der Waals surface area contributed by atoms with Gasteiger partial charge in [0.05, 0.1) is 5.60 Å². The molecule has 0 aliphatic heterocycles. The van der Waals surface area contributed by atoms with Gasteiger partial charge in [-0.05, 0) is 32.1 Å². The highest BCUT2D eigenvalue weighted by molar-refractivity contribution is 7.12. The smallest absolute Gasteiger partial charge is 0.244 e. The molecule has 1 unspecified atom stereocenters. The third-order valence-electron chi connectivity index (χ3n) is 2.65. The Morgan fingerprint density at radius 3 is 2.89 bits per heavy atom. The monoisotopic (exact) mass is 283 g/mol. The van der Waals surface area contributed by atoms with Crippen LogP contribution in [-0.2, 0) is 9.53 Å². The molecule has 1 aromatic heterocycles. The highest BCUT2D eigenvalue weighted by Crippen LogP contribution is 2.16. The molecule has 0 aliphatic carbocycles. The second kappa shape index (κ2) is 7.43. The quantitative estimate of drug-likeness (QED) is 0.752. The maximum Gasteiger partial charge on any atom is 0.244 e. The first kappa shape index (κ1) is 15.9. The molecule has 1 heterocycles. The van der Waals surface area contributed by atoms with E-state index in [4.69, 9.17) is 4.74 Å². The summed E-state index contributed by atoms with van der Waals surface area (Å²) < 4.78 is 4.91. The SMILES string of the molecule is COCCC(C)(O)CNC(=O)/C=C/c1ccc(C)s1. The largest absolute Gasteiger partial charge is 0.388 e. The first-order valence-electron chi connectivity index (χ1n) is 6.16. The van der Waals surface area contributed by atoms with E-state index in [1.165, 1.54) is 11.0 Å². The number of thiophene rings is 1. The Kier molecular flexibility index (Phi) is 6.21. The minimum Gasteiger partial charge on any atom is -0.388 e. The fourth-order valence-corrected chi connectivity index (χ4v) is 2.23. The Hall–Kier alpha value is -1.17. The molecule has 5 heteroatoms. The van der Waals surface area contributed by atoms with Crippen LogP contribution in [0.25, 0.3) is 6.08 Å². The average Bonchev–Trinajstić information content (AvgIpc) is 2.77. The van der Waals surface area contributed by atoms with Crippen molar-refractivity contribution in [3.63, 3.8) is 0 Å². The molecule has 19 heavy (non-hydrogen) atoms. The molecule has 0 aromatic carbocycles. The Morgan fingerprint density at radius 2 is 2.32 bits per heavy atom. The lowest BCUT2D eigenvalue weighted by Gasteiger charge is -2.22. The molecule has 0 bridgehead atoms. The summed E-state index contributed by atoms with van der Waals surface area (Å²) in [7, 11) is 1.58. The molecule has 1 amide bonds. The highest BCUT2D eigenvalue weighted by atomic mass is 32.1. The van der Waals surface area contributed by atoms with Crippen molar-refractivity contribution < 1.29 is 14.6 Å². The van der Waals surface area contributed by atoms with Crippen molar-refractivity contribution >= 4 is 23.3 Å². The lowest BCUT2D eigenvalue weighted by atomic mass is 10.0. The van der Waals surface area contributed by atoms with Crippen molar-refractivity contribution in [2.24, 2.45) is 0 Å². The van der Waals surface area contributed by atoms with Crippen molar-refractivity contribution in [1.82, 2.24) is 5.32 Å². The van der Waals surface area contributed by atoms with Gasteiger partial charge in [0.15, 0.2) is 0 Å². The van der Waals surface area contributed by atoms with Crippen molar-refractivity contribution in [3.8, 4) is 0 Å². The molecule has 0 aliphatic rings. The highest BCUT2D eigenvalue weighted by Gasteiger charge is 2.20. The second-order valence-electron chi connectivity index (χ2n) is 4.74. The number of hydrogen-bond donors (Lipinski definition) is 2. The van der Waals surface area contributed by atoms with Crippen LogP contribution in [0.15, 0.2) is 18.2 Å². The number of aryl methyl sites for hydroxylation is 1. The molecule has 2 N–H and O–H groups in total. The topological polar surface area (TPSA) is 58.6 Å². The molecular formula is C14H21NO3S.